The predicted octanol–water partition coefficient (Wildman–Crippen LogP) is 3.54. The van der Waals surface area contributed by atoms with Gasteiger partial charge in [-0.05, 0) is 37.3 Å². The lowest BCUT2D eigenvalue weighted by molar-refractivity contribution is 0.0950. The largest absolute Gasteiger partial charge is 0.463 e. The average molecular weight is 335 g/mol. The Morgan fingerprint density at radius 2 is 2.32 bits per heavy atom. The Labute approximate surface area is 134 Å². The second-order valence-electron chi connectivity index (χ2n) is 4.39. The van der Waals surface area contributed by atoms with Crippen LogP contribution in [0.25, 0.3) is 10.6 Å². The summed E-state index contributed by atoms with van der Waals surface area (Å²) in [6.07, 6.45) is 1.54. The first-order valence-electron chi connectivity index (χ1n) is 6.33. The van der Waals surface area contributed by atoms with Crippen molar-refractivity contribution in [1.82, 2.24) is 15.6 Å². The van der Waals surface area contributed by atoms with Crippen molar-refractivity contribution in [3.8, 4) is 10.6 Å². The molecule has 112 valence electrons. The SMILES string of the molecule is C/C(=N\NC(=O)c1cc(-c2ccc(Cl)s2)[nH]n1)c1ccco1. The number of aromatic amines is 1. The maximum absolute atomic E-state index is 12.0. The quantitative estimate of drug-likeness (QED) is 0.565. The van der Waals surface area contributed by atoms with Gasteiger partial charge in [0.15, 0.2) is 5.69 Å². The zero-order valence-corrected chi connectivity index (χ0v) is 13.0. The number of rotatable bonds is 4. The first-order valence-corrected chi connectivity index (χ1v) is 7.52. The van der Waals surface area contributed by atoms with Crippen LogP contribution in [0.2, 0.25) is 4.34 Å². The second-order valence-corrected chi connectivity index (χ2v) is 6.10. The number of hydrogen-bond donors (Lipinski definition) is 2. The van der Waals surface area contributed by atoms with E-state index in [0.29, 0.717) is 15.8 Å². The molecule has 8 heteroatoms. The smallest absolute Gasteiger partial charge is 0.291 e. The Kier molecular flexibility index (Phi) is 4.08. The van der Waals surface area contributed by atoms with E-state index < -0.39 is 5.91 Å². The summed E-state index contributed by atoms with van der Waals surface area (Å²) in [6.45, 7) is 1.74. The fourth-order valence-electron chi connectivity index (χ4n) is 1.75. The van der Waals surface area contributed by atoms with Crippen LogP contribution < -0.4 is 5.43 Å². The third kappa shape index (κ3) is 3.10. The van der Waals surface area contributed by atoms with Crippen LogP contribution in [-0.2, 0) is 0 Å². The molecule has 0 saturated carbocycles. The van der Waals surface area contributed by atoms with E-state index in [1.54, 1.807) is 37.5 Å². The van der Waals surface area contributed by atoms with Gasteiger partial charge in [0.25, 0.3) is 5.91 Å². The zero-order chi connectivity index (χ0) is 15.5. The van der Waals surface area contributed by atoms with E-state index in [0.717, 1.165) is 10.6 Å². The molecule has 22 heavy (non-hydrogen) atoms. The molecule has 6 nitrogen and oxygen atoms in total. The van der Waals surface area contributed by atoms with Crippen molar-refractivity contribution < 1.29 is 9.21 Å². The molecule has 3 aromatic rings. The van der Waals surface area contributed by atoms with Gasteiger partial charge in [-0.15, -0.1) is 11.3 Å². The minimum Gasteiger partial charge on any atom is -0.463 e. The van der Waals surface area contributed by atoms with Crippen LogP contribution in [0.5, 0.6) is 0 Å². The fourth-order valence-corrected chi connectivity index (χ4v) is 2.76. The van der Waals surface area contributed by atoms with Crippen LogP contribution in [0, 0.1) is 0 Å². The van der Waals surface area contributed by atoms with Crippen LogP contribution in [0.15, 0.2) is 46.1 Å². The van der Waals surface area contributed by atoms with E-state index in [-0.39, 0.29) is 5.69 Å². The topological polar surface area (TPSA) is 83.3 Å². The molecule has 3 heterocycles. The lowest BCUT2D eigenvalue weighted by Gasteiger charge is -1.97. The third-order valence-electron chi connectivity index (χ3n) is 2.85. The van der Waals surface area contributed by atoms with Gasteiger partial charge in [-0.1, -0.05) is 11.6 Å². The number of nitrogens with zero attached hydrogens (tertiary/aromatic N) is 2. The Bertz CT molecular complexity index is 820. The number of amides is 1. The van der Waals surface area contributed by atoms with Crippen LogP contribution in [0.4, 0.5) is 0 Å². The van der Waals surface area contributed by atoms with Gasteiger partial charge < -0.3 is 4.42 Å². The Morgan fingerprint density at radius 1 is 1.45 bits per heavy atom. The van der Waals surface area contributed by atoms with E-state index in [4.69, 9.17) is 16.0 Å². The normalized spacial score (nSPS) is 11.6. The molecule has 3 rings (SSSR count). The van der Waals surface area contributed by atoms with E-state index in [2.05, 4.69) is 20.7 Å². The Balaban J connectivity index is 1.71. The summed E-state index contributed by atoms with van der Waals surface area (Å²) >= 11 is 7.30. The summed E-state index contributed by atoms with van der Waals surface area (Å²) in [7, 11) is 0. The van der Waals surface area contributed by atoms with Crippen molar-refractivity contribution in [3.63, 3.8) is 0 Å². The lowest BCUT2D eigenvalue weighted by Crippen LogP contribution is -2.19. The molecular formula is C14H11ClN4O2S. The van der Waals surface area contributed by atoms with Crippen molar-refractivity contribution in [3.05, 3.63) is 52.4 Å². The summed E-state index contributed by atoms with van der Waals surface area (Å²) in [4.78, 5) is 12.9. The Morgan fingerprint density at radius 3 is 3.00 bits per heavy atom. The lowest BCUT2D eigenvalue weighted by atomic mass is 10.3. The van der Waals surface area contributed by atoms with Gasteiger partial charge in [-0.2, -0.15) is 10.2 Å². The van der Waals surface area contributed by atoms with Gasteiger partial charge in [0.05, 0.1) is 21.2 Å². The number of nitrogens with one attached hydrogen (secondary N) is 2. The van der Waals surface area contributed by atoms with E-state index in [1.807, 2.05) is 6.07 Å². The van der Waals surface area contributed by atoms with Crippen molar-refractivity contribution in [1.29, 1.82) is 0 Å². The highest BCUT2D eigenvalue weighted by molar-refractivity contribution is 7.19. The number of hydrogen-bond acceptors (Lipinski definition) is 5. The van der Waals surface area contributed by atoms with Gasteiger partial charge in [-0.25, -0.2) is 5.43 Å². The molecule has 0 aliphatic heterocycles. The van der Waals surface area contributed by atoms with Gasteiger partial charge in [0.2, 0.25) is 0 Å². The van der Waals surface area contributed by atoms with Gasteiger partial charge in [0, 0.05) is 0 Å². The summed E-state index contributed by atoms with van der Waals surface area (Å²) in [6, 6.07) is 8.82. The molecule has 0 aromatic carbocycles. The highest BCUT2D eigenvalue weighted by atomic mass is 35.5. The summed E-state index contributed by atoms with van der Waals surface area (Å²) in [5, 5.41) is 10.8. The molecule has 0 aliphatic carbocycles. The number of carbonyl (C=O) groups excluding carboxylic acids is 1. The Hall–Kier alpha value is -2.38. The predicted molar refractivity (Wildman–Crippen MR) is 85.3 cm³/mol. The van der Waals surface area contributed by atoms with Crippen LogP contribution >= 0.6 is 22.9 Å². The van der Waals surface area contributed by atoms with E-state index >= 15 is 0 Å². The van der Waals surface area contributed by atoms with Crippen LogP contribution in [0.1, 0.15) is 23.2 Å². The van der Waals surface area contributed by atoms with Crippen molar-refractivity contribution >= 4 is 34.6 Å². The maximum Gasteiger partial charge on any atom is 0.291 e. The first-order chi connectivity index (χ1) is 10.6. The van der Waals surface area contributed by atoms with Crippen LogP contribution in [0.3, 0.4) is 0 Å². The number of hydrazone groups is 1. The fraction of sp³-hybridized carbons (Fsp3) is 0.0714. The maximum atomic E-state index is 12.0. The molecule has 0 atom stereocenters. The minimum absolute atomic E-state index is 0.246. The standard InChI is InChI=1S/C14H11ClN4O2S/c1-8(11-3-2-6-21-11)16-19-14(20)10-7-9(17-18-10)12-4-5-13(15)22-12/h2-7H,1H3,(H,17,18)(H,19,20)/b16-8+. The molecule has 1 amide bonds. The first kappa shape index (κ1) is 14.6. The second kappa shape index (κ2) is 6.17. The average Bonchev–Trinajstić information content (AvgIpc) is 3.23. The van der Waals surface area contributed by atoms with Crippen molar-refractivity contribution in [2.24, 2.45) is 5.10 Å². The molecule has 0 radical (unpaired) electrons. The van der Waals surface area contributed by atoms with Gasteiger partial charge >= 0.3 is 0 Å². The number of carbonyl (C=O) groups is 1. The van der Waals surface area contributed by atoms with Gasteiger partial charge in [-0.3, -0.25) is 9.89 Å². The number of furan rings is 1. The summed E-state index contributed by atoms with van der Waals surface area (Å²) in [5.74, 6) is 0.187. The molecular weight excluding hydrogens is 324 g/mol. The summed E-state index contributed by atoms with van der Waals surface area (Å²) in [5.41, 5.74) is 3.99. The number of aromatic nitrogens is 2. The monoisotopic (exact) mass is 334 g/mol. The molecule has 2 N–H and O–H groups in total. The molecule has 0 saturated heterocycles. The van der Waals surface area contributed by atoms with Crippen molar-refractivity contribution in [2.45, 2.75) is 6.92 Å². The molecule has 0 aliphatic rings. The molecule has 0 bridgehead atoms. The molecule has 0 fully saturated rings. The third-order valence-corrected chi connectivity index (χ3v) is 4.12. The highest BCUT2D eigenvalue weighted by Crippen LogP contribution is 2.29. The van der Waals surface area contributed by atoms with Crippen LogP contribution in [-0.4, -0.2) is 21.8 Å². The van der Waals surface area contributed by atoms with Crippen molar-refractivity contribution in [2.75, 3.05) is 0 Å². The van der Waals surface area contributed by atoms with E-state index in [1.165, 1.54) is 11.3 Å². The zero-order valence-electron chi connectivity index (χ0n) is 11.5. The number of halogens is 1. The molecule has 0 spiro atoms. The highest BCUT2D eigenvalue weighted by Gasteiger charge is 2.12. The van der Waals surface area contributed by atoms with Gasteiger partial charge in [0.1, 0.15) is 11.5 Å². The van der Waals surface area contributed by atoms with E-state index in [9.17, 15) is 4.79 Å². The summed E-state index contributed by atoms with van der Waals surface area (Å²) < 4.78 is 5.86. The number of H-pyrrole nitrogens is 1. The molecule has 3 aromatic heterocycles. The minimum atomic E-state index is -0.406. The number of thiophene rings is 1. The molecule has 0 unspecified atom stereocenters.